The predicted octanol–water partition coefficient (Wildman–Crippen LogP) is 5.53. The number of aromatic nitrogens is 2. The van der Waals surface area contributed by atoms with Crippen LogP contribution in [0.4, 0.5) is 14.9 Å². The molecule has 6 nitrogen and oxygen atoms in total. The number of nitrogens with one attached hydrogen (secondary N) is 2. The number of amides is 2. The van der Waals surface area contributed by atoms with E-state index < -0.39 is 0 Å². The SMILES string of the molecule is O=C(NCCc1coc(-c2ccc(F)cc2)n1)Nc1cccc(CSc2ccccn2)c1. The number of benzene rings is 2. The normalized spacial score (nSPS) is 10.7. The Hall–Kier alpha value is -3.65. The minimum Gasteiger partial charge on any atom is -0.444 e. The van der Waals surface area contributed by atoms with E-state index in [4.69, 9.17) is 4.42 Å². The van der Waals surface area contributed by atoms with Crippen molar-refractivity contribution >= 4 is 23.5 Å². The lowest BCUT2D eigenvalue weighted by molar-refractivity contribution is 0.252. The Morgan fingerprint density at radius 2 is 1.94 bits per heavy atom. The number of anilines is 1. The number of thioether (sulfide) groups is 1. The first-order chi connectivity index (χ1) is 15.7. The average Bonchev–Trinajstić information content (AvgIpc) is 3.28. The summed E-state index contributed by atoms with van der Waals surface area (Å²) in [5, 5.41) is 6.62. The van der Waals surface area contributed by atoms with E-state index >= 15 is 0 Å². The Kier molecular flexibility index (Phi) is 7.14. The van der Waals surface area contributed by atoms with E-state index in [0.717, 1.165) is 22.0 Å². The van der Waals surface area contributed by atoms with Crippen LogP contribution in [0.2, 0.25) is 0 Å². The Labute approximate surface area is 189 Å². The summed E-state index contributed by atoms with van der Waals surface area (Å²) in [6, 6.07) is 19.2. The fraction of sp³-hybridized carbons (Fsp3) is 0.125. The number of urea groups is 1. The third kappa shape index (κ3) is 6.18. The first-order valence-corrected chi connectivity index (χ1v) is 11.0. The Morgan fingerprint density at radius 1 is 1.06 bits per heavy atom. The molecule has 0 saturated heterocycles. The fourth-order valence-electron chi connectivity index (χ4n) is 2.95. The zero-order valence-corrected chi connectivity index (χ0v) is 17.9. The van der Waals surface area contributed by atoms with Crippen LogP contribution in [0.15, 0.2) is 88.6 Å². The van der Waals surface area contributed by atoms with E-state index in [1.165, 1.54) is 12.1 Å². The monoisotopic (exact) mass is 448 g/mol. The second kappa shape index (κ2) is 10.6. The second-order valence-corrected chi connectivity index (χ2v) is 7.93. The number of hydrogen-bond acceptors (Lipinski definition) is 5. The maximum Gasteiger partial charge on any atom is 0.319 e. The van der Waals surface area contributed by atoms with E-state index in [0.29, 0.717) is 30.1 Å². The summed E-state index contributed by atoms with van der Waals surface area (Å²) in [4.78, 5) is 20.9. The van der Waals surface area contributed by atoms with Gasteiger partial charge < -0.3 is 15.1 Å². The van der Waals surface area contributed by atoms with Crippen LogP contribution in [0.1, 0.15) is 11.3 Å². The van der Waals surface area contributed by atoms with Gasteiger partial charge in [-0.25, -0.2) is 19.2 Å². The van der Waals surface area contributed by atoms with Crippen LogP contribution in [-0.4, -0.2) is 22.5 Å². The summed E-state index contributed by atoms with van der Waals surface area (Å²) in [5.41, 5.74) is 3.22. The highest BCUT2D eigenvalue weighted by atomic mass is 32.2. The van der Waals surface area contributed by atoms with Gasteiger partial charge in [-0.15, -0.1) is 11.8 Å². The molecule has 2 amide bonds. The number of rotatable bonds is 8. The van der Waals surface area contributed by atoms with Crippen molar-refractivity contribution in [2.24, 2.45) is 0 Å². The van der Waals surface area contributed by atoms with Crippen LogP contribution in [0.5, 0.6) is 0 Å². The molecule has 2 aromatic heterocycles. The van der Waals surface area contributed by atoms with Gasteiger partial charge in [-0.05, 0) is 54.1 Å². The van der Waals surface area contributed by atoms with Gasteiger partial charge in [0.25, 0.3) is 0 Å². The lowest BCUT2D eigenvalue weighted by atomic mass is 10.2. The van der Waals surface area contributed by atoms with Gasteiger partial charge in [0.15, 0.2) is 0 Å². The van der Waals surface area contributed by atoms with Crippen molar-refractivity contribution in [3.8, 4) is 11.5 Å². The number of carbonyl (C=O) groups is 1. The van der Waals surface area contributed by atoms with Crippen molar-refractivity contribution in [2.75, 3.05) is 11.9 Å². The molecule has 162 valence electrons. The highest BCUT2D eigenvalue weighted by Crippen LogP contribution is 2.22. The molecule has 2 N–H and O–H groups in total. The fourth-order valence-corrected chi connectivity index (χ4v) is 3.76. The molecule has 4 aromatic rings. The van der Waals surface area contributed by atoms with Gasteiger partial charge in [-0.3, -0.25) is 0 Å². The first kappa shape index (κ1) is 21.6. The molecule has 0 aliphatic heterocycles. The molecule has 0 aliphatic rings. The van der Waals surface area contributed by atoms with Crippen molar-refractivity contribution in [3.05, 3.63) is 96.3 Å². The van der Waals surface area contributed by atoms with Crippen LogP contribution in [0.25, 0.3) is 11.5 Å². The maximum absolute atomic E-state index is 13.0. The van der Waals surface area contributed by atoms with Gasteiger partial charge >= 0.3 is 6.03 Å². The highest BCUT2D eigenvalue weighted by molar-refractivity contribution is 7.98. The molecule has 0 bridgehead atoms. The molecule has 0 spiro atoms. The number of carbonyl (C=O) groups excluding carboxylic acids is 1. The molecular weight excluding hydrogens is 427 g/mol. The van der Waals surface area contributed by atoms with Gasteiger partial charge in [0.1, 0.15) is 12.1 Å². The minimum absolute atomic E-state index is 0.290. The number of pyridine rings is 1. The summed E-state index contributed by atoms with van der Waals surface area (Å²) in [6.45, 7) is 0.399. The quantitative estimate of drug-likeness (QED) is 0.346. The van der Waals surface area contributed by atoms with Crippen molar-refractivity contribution in [1.82, 2.24) is 15.3 Å². The standard InChI is InChI=1S/C24H21FN4O2S/c25-19-9-7-18(8-10-19)23-28-21(15-31-23)11-13-27-24(30)29-20-5-3-4-17(14-20)16-32-22-6-1-2-12-26-22/h1-10,12,14-15H,11,13,16H2,(H2,27,29,30). The van der Waals surface area contributed by atoms with E-state index in [2.05, 4.69) is 20.6 Å². The molecule has 4 rings (SSSR count). The van der Waals surface area contributed by atoms with E-state index in [-0.39, 0.29) is 11.8 Å². The summed E-state index contributed by atoms with van der Waals surface area (Å²) in [7, 11) is 0. The van der Waals surface area contributed by atoms with Gasteiger partial charge in [0.05, 0.1) is 10.7 Å². The van der Waals surface area contributed by atoms with Gasteiger partial charge in [-0.2, -0.15) is 0 Å². The number of nitrogens with zero attached hydrogens (tertiary/aromatic N) is 2. The van der Waals surface area contributed by atoms with Crippen LogP contribution in [0.3, 0.4) is 0 Å². The molecule has 0 unspecified atom stereocenters. The zero-order valence-electron chi connectivity index (χ0n) is 17.1. The predicted molar refractivity (Wildman–Crippen MR) is 123 cm³/mol. The highest BCUT2D eigenvalue weighted by Gasteiger charge is 2.08. The molecule has 32 heavy (non-hydrogen) atoms. The Morgan fingerprint density at radius 3 is 2.75 bits per heavy atom. The molecule has 0 saturated carbocycles. The smallest absolute Gasteiger partial charge is 0.319 e. The van der Waals surface area contributed by atoms with Crippen LogP contribution in [0, 0.1) is 5.82 Å². The number of halogens is 1. The van der Waals surface area contributed by atoms with Crippen LogP contribution >= 0.6 is 11.8 Å². The molecule has 2 heterocycles. The van der Waals surface area contributed by atoms with Crippen molar-refractivity contribution in [1.29, 1.82) is 0 Å². The van der Waals surface area contributed by atoms with E-state index in [1.807, 2.05) is 42.5 Å². The molecule has 8 heteroatoms. The summed E-state index contributed by atoms with van der Waals surface area (Å²) < 4.78 is 18.5. The minimum atomic E-state index is -0.312. The molecule has 0 fully saturated rings. The lowest BCUT2D eigenvalue weighted by Gasteiger charge is -2.08. The molecule has 0 aliphatic carbocycles. The van der Waals surface area contributed by atoms with Gasteiger partial charge in [0, 0.05) is 36.2 Å². The number of hydrogen-bond donors (Lipinski definition) is 2. The molecular formula is C24H21FN4O2S. The van der Waals surface area contributed by atoms with Crippen molar-refractivity contribution in [3.63, 3.8) is 0 Å². The third-order valence-corrected chi connectivity index (χ3v) is 5.53. The van der Waals surface area contributed by atoms with Crippen LogP contribution in [-0.2, 0) is 12.2 Å². The molecule has 2 aromatic carbocycles. The van der Waals surface area contributed by atoms with E-state index in [1.54, 1.807) is 36.4 Å². The Bertz CT molecular complexity index is 1170. The average molecular weight is 449 g/mol. The summed E-state index contributed by atoms with van der Waals surface area (Å²) in [5.74, 6) is 0.870. The largest absolute Gasteiger partial charge is 0.444 e. The number of oxazole rings is 1. The topological polar surface area (TPSA) is 80.0 Å². The van der Waals surface area contributed by atoms with Crippen molar-refractivity contribution < 1.29 is 13.6 Å². The molecule has 0 atom stereocenters. The van der Waals surface area contributed by atoms with E-state index in [9.17, 15) is 9.18 Å². The van der Waals surface area contributed by atoms with Crippen molar-refractivity contribution in [2.45, 2.75) is 17.2 Å². The van der Waals surface area contributed by atoms with Crippen LogP contribution < -0.4 is 10.6 Å². The van der Waals surface area contributed by atoms with Gasteiger partial charge in [0.2, 0.25) is 5.89 Å². The first-order valence-electron chi connectivity index (χ1n) is 10.0. The van der Waals surface area contributed by atoms with Gasteiger partial charge in [-0.1, -0.05) is 18.2 Å². The summed E-state index contributed by atoms with van der Waals surface area (Å²) >= 11 is 1.64. The lowest BCUT2D eigenvalue weighted by Crippen LogP contribution is -2.30. The second-order valence-electron chi connectivity index (χ2n) is 6.94. The zero-order chi connectivity index (χ0) is 22.2. The summed E-state index contributed by atoms with van der Waals surface area (Å²) in [6.07, 6.45) is 3.83. The molecule has 0 radical (unpaired) electrons. The Balaban J connectivity index is 1.23. The maximum atomic E-state index is 13.0. The third-order valence-electron chi connectivity index (χ3n) is 4.52.